The molecule has 1 atom stereocenters. The van der Waals surface area contributed by atoms with Crippen molar-refractivity contribution in [3.8, 4) is 0 Å². The van der Waals surface area contributed by atoms with E-state index in [1.54, 1.807) is 0 Å². The molecule has 1 saturated carbocycles. The highest BCUT2D eigenvalue weighted by atomic mass is 16.5. The average Bonchev–Trinajstić information content (AvgIpc) is 2.97. The van der Waals surface area contributed by atoms with Crippen molar-refractivity contribution in [3.05, 3.63) is 29.2 Å². The Hall–Kier alpha value is -2.18. The number of rotatable bonds is 5. The number of hydrogen-bond donors (Lipinski definition) is 1. The second-order valence-electron chi connectivity index (χ2n) is 7.30. The van der Waals surface area contributed by atoms with Crippen molar-refractivity contribution < 1.29 is 9.32 Å². The molecule has 128 valence electrons. The summed E-state index contributed by atoms with van der Waals surface area (Å²) in [4.78, 5) is 19.2. The Bertz CT molecular complexity index is 731. The van der Waals surface area contributed by atoms with Crippen LogP contribution in [0.4, 0.5) is 0 Å². The van der Waals surface area contributed by atoms with Crippen LogP contribution in [0.15, 0.2) is 10.6 Å². The highest BCUT2D eigenvalue weighted by molar-refractivity contribution is 5.92. The van der Waals surface area contributed by atoms with Crippen LogP contribution in [0, 0.1) is 5.92 Å². The summed E-state index contributed by atoms with van der Waals surface area (Å²) < 4.78 is 5.36. The second-order valence-corrected chi connectivity index (χ2v) is 7.30. The van der Waals surface area contributed by atoms with Crippen molar-refractivity contribution in [2.75, 3.05) is 6.54 Å². The van der Waals surface area contributed by atoms with E-state index in [4.69, 9.17) is 4.52 Å². The molecule has 0 bridgehead atoms. The smallest absolute Gasteiger partial charge is 0.274 e. The summed E-state index contributed by atoms with van der Waals surface area (Å²) >= 11 is 0. The number of carbonyl (C=O) groups excluding carboxylic acids is 1. The molecule has 2 aromatic heterocycles. The molecule has 2 aliphatic rings. The molecule has 2 fully saturated rings. The average molecular weight is 329 g/mol. The van der Waals surface area contributed by atoms with Gasteiger partial charge in [-0.25, -0.2) is 0 Å². The fourth-order valence-electron chi connectivity index (χ4n) is 3.32. The van der Waals surface area contributed by atoms with Crippen LogP contribution in [-0.4, -0.2) is 37.7 Å². The monoisotopic (exact) mass is 329 g/mol. The maximum Gasteiger partial charge on any atom is 0.274 e. The summed E-state index contributed by atoms with van der Waals surface area (Å²) in [6.45, 7) is 5.00. The number of nitrogens with one attached hydrogen (secondary N) is 1. The Kier molecular flexibility index (Phi) is 3.86. The zero-order valence-electron chi connectivity index (χ0n) is 14.2. The third-order valence-electron chi connectivity index (χ3n) is 4.67. The van der Waals surface area contributed by atoms with Gasteiger partial charge in [-0.05, 0) is 44.1 Å². The van der Waals surface area contributed by atoms with E-state index in [1.165, 1.54) is 0 Å². The minimum absolute atomic E-state index is 0.0541. The van der Waals surface area contributed by atoms with Gasteiger partial charge in [-0.3, -0.25) is 9.89 Å². The molecule has 7 nitrogen and oxygen atoms in total. The summed E-state index contributed by atoms with van der Waals surface area (Å²) in [6, 6.07) is 1.77. The molecular formula is C17H23N5O2. The van der Waals surface area contributed by atoms with Crippen molar-refractivity contribution in [3.63, 3.8) is 0 Å². The molecular weight excluding hydrogens is 306 g/mol. The van der Waals surface area contributed by atoms with E-state index < -0.39 is 0 Å². The molecule has 24 heavy (non-hydrogen) atoms. The molecule has 0 unspecified atom stereocenters. The van der Waals surface area contributed by atoms with Gasteiger partial charge in [0.2, 0.25) is 5.89 Å². The fourth-order valence-corrected chi connectivity index (χ4v) is 3.32. The summed E-state index contributed by atoms with van der Waals surface area (Å²) in [7, 11) is 0. The van der Waals surface area contributed by atoms with E-state index in [9.17, 15) is 4.79 Å². The van der Waals surface area contributed by atoms with Crippen LogP contribution in [0.5, 0.6) is 0 Å². The van der Waals surface area contributed by atoms with Crippen molar-refractivity contribution in [1.82, 2.24) is 25.2 Å². The van der Waals surface area contributed by atoms with Crippen LogP contribution in [0.25, 0.3) is 0 Å². The molecule has 1 aliphatic heterocycles. The molecule has 1 aliphatic carbocycles. The van der Waals surface area contributed by atoms with Crippen LogP contribution >= 0.6 is 0 Å². The Morgan fingerprint density at radius 3 is 3.00 bits per heavy atom. The third-order valence-corrected chi connectivity index (χ3v) is 4.67. The van der Waals surface area contributed by atoms with Crippen LogP contribution in [0.2, 0.25) is 0 Å². The fraction of sp³-hybridized carbons (Fsp3) is 0.647. The standard InChI is InChI=1S/C17H23N5O2/c1-10(2)8-12-9-13(20-19-12)17(23)22-7-3-4-14(22)15-18-16(24-21-15)11-5-6-11/h9-11,14H,3-8H2,1-2H3,(H,19,20)/t14-/m1/s1. The zero-order valence-corrected chi connectivity index (χ0v) is 14.2. The molecule has 4 rings (SSSR count). The number of hydrogen-bond acceptors (Lipinski definition) is 5. The molecule has 1 amide bonds. The van der Waals surface area contributed by atoms with Crippen LogP contribution in [-0.2, 0) is 6.42 Å². The first-order valence-corrected chi connectivity index (χ1v) is 8.80. The summed E-state index contributed by atoms with van der Waals surface area (Å²) in [5.74, 6) is 2.26. The Morgan fingerprint density at radius 2 is 2.25 bits per heavy atom. The van der Waals surface area contributed by atoms with Gasteiger partial charge in [-0.2, -0.15) is 10.1 Å². The Labute approximate surface area is 140 Å². The van der Waals surface area contributed by atoms with Crippen LogP contribution in [0.3, 0.4) is 0 Å². The summed E-state index contributed by atoms with van der Waals surface area (Å²) in [5.41, 5.74) is 1.48. The van der Waals surface area contributed by atoms with Gasteiger partial charge < -0.3 is 9.42 Å². The third kappa shape index (κ3) is 2.95. The topological polar surface area (TPSA) is 87.9 Å². The number of likely N-dealkylation sites (tertiary alicyclic amines) is 1. The Balaban J connectivity index is 1.50. The minimum Gasteiger partial charge on any atom is -0.339 e. The first-order chi connectivity index (χ1) is 11.6. The first-order valence-electron chi connectivity index (χ1n) is 8.80. The summed E-state index contributed by atoms with van der Waals surface area (Å²) in [5, 5.41) is 11.3. The van der Waals surface area contributed by atoms with Crippen molar-refractivity contribution in [1.29, 1.82) is 0 Å². The van der Waals surface area contributed by atoms with Gasteiger partial charge in [0.15, 0.2) is 5.82 Å². The largest absolute Gasteiger partial charge is 0.339 e. The first kappa shape index (κ1) is 15.4. The molecule has 7 heteroatoms. The van der Waals surface area contributed by atoms with Crippen molar-refractivity contribution in [2.24, 2.45) is 5.92 Å². The van der Waals surface area contributed by atoms with Gasteiger partial charge in [-0.1, -0.05) is 19.0 Å². The molecule has 2 aromatic rings. The number of aromatic nitrogens is 4. The lowest BCUT2D eigenvalue weighted by atomic mass is 10.1. The Morgan fingerprint density at radius 1 is 1.42 bits per heavy atom. The lowest BCUT2D eigenvalue weighted by Crippen LogP contribution is -2.31. The minimum atomic E-state index is -0.0981. The van der Waals surface area contributed by atoms with E-state index in [-0.39, 0.29) is 11.9 Å². The number of aromatic amines is 1. The van der Waals surface area contributed by atoms with E-state index in [2.05, 4.69) is 34.2 Å². The van der Waals surface area contributed by atoms with E-state index in [0.717, 1.165) is 43.7 Å². The SMILES string of the molecule is CC(C)Cc1cc(C(=O)N2CCC[C@@H]2c2noc(C3CC3)n2)n[nH]1. The molecule has 0 radical (unpaired) electrons. The van der Waals surface area contributed by atoms with E-state index in [1.807, 2.05) is 11.0 Å². The van der Waals surface area contributed by atoms with Gasteiger partial charge in [0.05, 0.1) is 6.04 Å². The van der Waals surface area contributed by atoms with Crippen LogP contribution < -0.4 is 0 Å². The van der Waals surface area contributed by atoms with Crippen molar-refractivity contribution in [2.45, 2.75) is 57.9 Å². The molecule has 1 N–H and O–H groups in total. The van der Waals surface area contributed by atoms with Gasteiger partial charge in [0.25, 0.3) is 5.91 Å². The van der Waals surface area contributed by atoms with Gasteiger partial charge in [0, 0.05) is 18.2 Å². The number of nitrogens with zero attached hydrogens (tertiary/aromatic N) is 4. The van der Waals surface area contributed by atoms with Gasteiger partial charge in [0.1, 0.15) is 5.69 Å². The maximum absolute atomic E-state index is 12.8. The van der Waals surface area contributed by atoms with Gasteiger partial charge in [-0.15, -0.1) is 0 Å². The predicted octanol–water partition coefficient (Wildman–Crippen LogP) is 2.85. The number of carbonyl (C=O) groups is 1. The van der Waals surface area contributed by atoms with E-state index in [0.29, 0.717) is 29.9 Å². The molecule has 1 saturated heterocycles. The van der Waals surface area contributed by atoms with Crippen LogP contribution in [0.1, 0.15) is 79.4 Å². The quantitative estimate of drug-likeness (QED) is 0.911. The summed E-state index contributed by atoms with van der Waals surface area (Å²) in [6.07, 6.45) is 4.96. The highest BCUT2D eigenvalue weighted by Crippen LogP contribution is 2.40. The number of amides is 1. The second kappa shape index (κ2) is 6.03. The molecule has 3 heterocycles. The predicted molar refractivity (Wildman–Crippen MR) is 86.4 cm³/mol. The lowest BCUT2D eigenvalue weighted by Gasteiger charge is -2.20. The van der Waals surface area contributed by atoms with Crippen molar-refractivity contribution >= 4 is 5.91 Å². The molecule has 0 spiro atoms. The number of H-pyrrole nitrogens is 1. The highest BCUT2D eigenvalue weighted by Gasteiger charge is 2.37. The maximum atomic E-state index is 12.8. The zero-order chi connectivity index (χ0) is 16.7. The van der Waals surface area contributed by atoms with E-state index >= 15 is 0 Å². The lowest BCUT2D eigenvalue weighted by molar-refractivity contribution is 0.0722. The molecule has 0 aromatic carbocycles. The normalized spacial score (nSPS) is 21.0. The van der Waals surface area contributed by atoms with Gasteiger partial charge >= 0.3 is 0 Å².